The van der Waals surface area contributed by atoms with Crippen molar-refractivity contribution in [2.75, 3.05) is 13.2 Å². The molecule has 2 aromatic heterocycles. The minimum absolute atomic E-state index is 0.115. The number of aromatic nitrogens is 2. The highest BCUT2D eigenvalue weighted by molar-refractivity contribution is 7.09. The molecule has 0 radical (unpaired) electrons. The Balaban J connectivity index is 1.43. The molecule has 3 heterocycles. The molecule has 2 fully saturated rings. The normalized spacial score (nSPS) is 27.8. The average molecular weight is 331 g/mol. The molecule has 23 heavy (non-hydrogen) atoms. The van der Waals surface area contributed by atoms with Gasteiger partial charge in [-0.25, -0.2) is 4.98 Å². The van der Waals surface area contributed by atoms with Gasteiger partial charge in [-0.05, 0) is 31.9 Å². The molecule has 0 spiro atoms. The van der Waals surface area contributed by atoms with Crippen LogP contribution >= 0.6 is 11.3 Å². The first-order chi connectivity index (χ1) is 11.3. The lowest BCUT2D eigenvalue weighted by Gasteiger charge is -2.38. The molecule has 1 saturated heterocycles. The van der Waals surface area contributed by atoms with Gasteiger partial charge in [-0.15, -0.1) is 11.3 Å². The Kier molecular flexibility index (Phi) is 4.29. The maximum atomic E-state index is 6.12. The summed E-state index contributed by atoms with van der Waals surface area (Å²) in [5.74, 6) is 0.828. The van der Waals surface area contributed by atoms with Gasteiger partial charge >= 0.3 is 0 Å². The number of thiazole rings is 1. The number of rotatable bonds is 4. The summed E-state index contributed by atoms with van der Waals surface area (Å²) in [6.45, 7) is 4.70. The van der Waals surface area contributed by atoms with Crippen LogP contribution in [0.4, 0.5) is 0 Å². The molecule has 0 aromatic carbocycles. The van der Waals surface area contributed by atoms with Crippen molar-refractivity contribution in [2.24, 2.45) is 0 Å². The maximum Gasteiger partial charge on any atom is 0.138 e. The number of hydrogen-bond donors (Lipinski definition) is 0. The number of morpholine rings is 1. The Hall–Kier alpha value is -1.50. The SMILES string of the molecule is Cc1nc(CN2CCO[C@H]3[C@@H](Oc4cccnc4)CC[C@@H]32)cs1. The number of ether oxygens (including phenoxy) is 2. The van der Waals surface area contributed by atoms with Gasteiger partial charge in [0.2, 0.25) is 0 Å². The van der Waals surface area contributed by atoms with E-state index in [0.717, 1.165) is 43.3 Å². The molecule has 0 amide bonds. The van der Waals surface area contributed by atoms with Crippen LogP contribution in [0.25, 0.3) is 0 Å². The zero-order valence-electron chi connectivity index (χ0n) is 13.2. The Morgan fingerprint density at radius 1 is 1.43 bits per heavy atom. The van der Waals surface area contributed by atoms with Gasteiger partial charge in [0.15, 0.2) is 0 Å². The quantitative estimate of drug-likeness (QED) is 0.862. The number of fused-ring (bicyclic) bond motifs is 1. The fourth-order valence-corrected chi connectivity index (χ4v) is 4.20. The van der Waals surface area contributed by atoms with Crippen LogP contribution in [0.15, 0.2) is 29.9 Å². The summed E-state index contributed by atoms with van der Waals surface area (Å²) in [7, 11) is 0. The monoisotopic (exact) mass is 331 g/mol. The van der Waals surface area contributed by atoms with Crippen LogP contribution in [-0.4, -0.2) is 46.3 Å². The molecule has 5 nitrogen and oxygen atoms in total. The van der Waals surface area contributed by atoms with E-state index in [1.54, 1.807) is 23.7 Å². The van der Waals surface area contributed by atoms with Gasteiger partial charge in [-0.1, -0.05) is 0 Å². The molecule has 0 N–H and O–H groups in total. The predicted molar refractivity (Wildman–Crippen MR) is 88.7 cm³/mol. The van der Waals surface area contributed by atoms with E-state index in [4.69, 9.17) is 9.47 Å². The summed E-state index contributed by atoms with van der Waals surface area (Å²) in [6, 6.07) is 4.28. The van der Waals surface area contributed by atoms with Gasteiger partial charge in [0, 0.05) is 30.7 Å². The maximum absolute atomic E-state index is 6.12. The largest absolute Gasteiger partial charge is 0.486 e. The van der Waals surface area contributed by atoms with Crippen LogP contribution in [0.5, 0.6) is 5.75 Å². The van der Waals surface area contributed by atoms with Crippen LogP contribution in [0.2, 0.25) is 0 Å². The molecule has 4 rings (SSSR count). The molecule has 2 aromatic rings. The van der Waals surface area contributed by atoms with Crippen molar-refractivity contribution >= 4 is 11.3 Å². The fraction of sp³-hybridized carbons (Fsp3) is 0.529. The molecular formula is C17H21N3O2S. The van der Waals surface area contributed by atoms with Gasteiger partial charge in [0.25, 0.3) is 0 Å². The van der Waals surface area contributed by atoms with Crippen molar-refractivity contribution in [1.82, 2.24) is 14.9 Å². The molecule has 2 aliphatic rings. The van der Waals surface area contributed by atoms with Crippen molar-refractivity contribution in [3.8, 4) is 5.75 Å². The molecule has 0 unspecified atom stereocenters. The Bertz CT molecular complexity index is 648. The Morgan fingerprint density at radius 3 is 3.17 bits per heavy atom. The summed E-state index contributed by atoms with van der Waals surface area (Å²) in [4.78, 5) is 11.2. The van der Waals surface area contributed by atoms with E-state index in [9.17, 15) is 0 Å². The zero-order chi connectivity index (χ0) is 15.6. The van der Waals surface area contributed by atoms with Crippen molar-refractivity contribution in [3.63, 3.8) is 0 Å². The lowest BCUT2D eigenvalue weighted by Crippen LogP contribution is -2.51. The second kappa shape index (κ2) is 6.55. The molecule has 6 heteroatoms. The number of pyridine rings is 1. The minimum Gasteiger partial charge on any atom is -0.486 e. The van der Waals surface area contributed by atoms with E-state index < -0.39 is 0 Å². The Morgan fingerprint density at radius 2 is 2.39 bits per heavy atom. The van der Waals surface area contributed by atoms with E-state index in [2.05, 4.69) is 27.2 Å². The summed E-state index contributed by atoms with van der Waals surface area (Å²) < 4.78 is 12.2. The van der Waals surface area contributed by atoms with Gasteiger partial charge < -0.3 is 9.47 Å². The topological polar surface area (TPSA) is 47.5 Å². The van der Waals surface area contributed by atoms with Crippen LogP contribution in [0.1, 0.15) is 23.5 Å². The standard InChI is InChI=1S/C17H21N3O2S/c1-12-19-13(11-23-12)10-20-7-8-21-17-15(20)4-5-16(17)22-14-3-2-6-18-9-14/h2-3,6,9,11,15-17H,4-5,7-8,10H2,1H3/t15-,16-,17+/m0/s1. The number of aryl methyl sites for hydroxylation is 1. The zero-order valence-corrected chi connectivity index (χ0v) is 14.0. The van der Waals surface area contributed by atoms with E-state index >= 15 is 0 Å². The van der Waals surface area contributed by atoms with E-state index in [0.29, 0.717) is 6.04 Å². The fourth-order valence-electron chi connectivity index (χ4n) is 3.59. The first-order valence-corrected chi connectivity index (χ1v) is 9.01. The first-order valence-electron chi connectivity index (χ1n) is 8.13. The minimum atomic E-state index is 0.115. The third kappa shape index (κ3) is 3.24. The van der Waals surface area contributed by atoms with Crippen molar-refractivity contribution in [1.29, 1.82) is 0 Å². The lowest BCUT2D eigenvalue weighted by atomic mass is 10.1. The molecule has 3 atom stereocenters. The number of hydrogen-bond acceptors (Lipinski definition) is 6. The average Bonchev–Trinajstić information content (AvgIpc) is 3.16. The van der Waals surface area contributed by atoms with E-state index in [1.807, 2.05) is 12.1 Å². The van der Waals surface area contributed by atoms with Crippen LogP contribution < -0.4 is 4.74 Å². The Labute approximate surface area is 140 Å². The molecule has 122 valence electrons. The lowest BCUT2D eigenvalue weighted by molar-refractivity contribution is -0.0918. The second-order valence-electron chi connectivity index (χ2n) is 6.15. The van der Waals surface area contributed by atoms with Crippen LogP contribution in [0, 0.1) is 6.92 Å². The smallest absolute Gasteiger partial charge is 0.138 e. The van der Waals surface area contributed by atoms with Gasteiger partial charge in [-0.3, -0.25) is 9.88 Å². The summed E-state index contributed by atoms with van der Waals surface area (Å²) in [5.41, 5.74) is 1.17. The molecule has 1 aliphatic carbocycles. The molecule has 0 bridgehead atoms. The number of nitrogens with zero attached hydrogens (tertiary/aromatic N) is 3. The summed E-state index contributed by atoms with van der Waals surface area (Å²) in [5, 5.41) is 3.30. The summed E-state index contributed by atoms with van der Waals surface area (Å²) in [6.07, 6.45) is 5.92. The van der Waals surface area contributed by atoms with Gasteiger partial charge in [0.1, 0.15) is 18.0 Å². The van der Waals surface area contributed by atoms with Gasteiger partial charge in [-0.2, -0.15) is 0 Å². The van der Waals surface area contributed by atoms with Gasteiger partial charge in [0.05, 0.1) is 23.5 Å². The van der Waals surface area contributed by atoms with E-state index in [1.165, 1.54) is 5.69 Å². The third-order valence-electron chi connectivity index (χ3n) is 4.60. The van der Waals surface area contributed by atoms with Crippen molar-refractivity contribution in [3.05, 3.63) is 40.6 Å². The van der Waals surface area contributed by atoms with Crippen molar-refractivity contribution in [2.45, 2.75) is 44.6 Å². The predicted octanol–water partition coefficient (Wildman–Crippen LogP) is 2.66. The molecular weight excluding hydrogens is 310 g/mol. The highest BCUT2D eigenvalue weighted by Gasteiger charge is 2.44. The van der Waals surface area contributed by atoms with Crippen LogP contribution in [-0.2, 0) is 11.3 Å². The molecule has 1 aliphatic heterocycles. The first kappa shape index (κ1) is 15.1. The second-order valence-corrected chi connectivity index (χ2v) is 7.22. The van der Waals surface area contributed by atoms with Crippen LogP contribution in [0.3, 0.4) is 0 Å². The summed E-state index contributed by atoms with van der Waals surface area (Å²) >= 11 is 1.72. The highest BCUT2D eigenvalue weighted by atomic mass is 32.1. The third-order valence-corrected chi connectivity index (χ3v) is 5.43. The highest BCUT2D eigenvalue weighted by Crippen LogP contribution is 2.33. The molecule has 1 saturated carbocycles. The van der Waals surface area contributed by atoms with E-state index in [-0.39, 0.29) is 12.2 Å². The van der Waals surface area contributed by atoms with Crippen molar-refractivity contribution < 1.29 is 9.47 Å².